The molecule has 0 fully saturated rings. The molecule has 1 radical (unpaired) electrons. The van der Waals surface area contributed by atoms with E-state index < -0.39 is 0 Å². The number of imidazole rings is 1. The Morgan fingerprint density at radius 3 is 2.43 bits per heavy atom. The SMILES string of the molecule is CC.CN(c1ccccc1)c1n[c-]nc2c1ncn2C.[Y]. The normalized spacial score (nSPS) is 9.52. The van der Waals surface area contributed by atoms with E-state index in [9.17, 15) is 0 Å². The standard InChI is InChI=1S/C13H12N5.C2H6.Y/c1-17-9-16-11-12(17)14-8-15-13(11)18(2)10-6-4-3-5-7-10;1-2;/h3-7,9H,1-2H3;1-2H3;/q-1;;. The summed E-state index contributed by atoms with van der Waals surface area (Å²) in [5, 5.41) is 0. The van der Waals surface area contributed by atoms with Gasteiger partial charge in [-0.15, -0.1) is 0 Å². The third kappa shape index (κ3) is 3.66. The Bertz CT molecular complexity index is 681. The predicted octanol–water partition coefficient (Wildman–Crippen LogP) is 2.96. The van der Waals surface area contributed by atoms with Crippen LogP contribution in [0.1, 0.15) is 13.8 Å². The van der Waals surface area contributed by atoms with E-state index in [1.807, 2.05) is 67.7 Å². The molecule has 3 aromatic rings. The molecule has 1 aromatic carbocycles. The summed E-state index contributed by atoms with van der Waals surface area (Å²) >= 11 is 0. The van der Waals surface area contributed by atoms with Gasteiger partial charge in [0.25, 0.3) is 0 Å². The number of aryl methyl sites for hydroxylation is 1. The van der Waals surface area contributed by atoms with Crippen molar-refractivity contribution in [1.29, 1.82) is 0 Å². The number of hydrogen-bond acceptors (Lipinski definition) is 4. The molecule has 0 unspecified atom stereocenters. The molecule has 0 N–H and O–H groups in total. The topological polar surface area (TPSA) is 46.8 Å². The molecule has 0 aliphatic carbocycles. The van der Waals surface area contributed by atoms with Gasteiger partial charge in [-0.3, -0.25) is 4.98 Å². The van der Waals surface area contributed by atoms with Gasteiger partial charge in [-0.25, -0.2) is 0 Å². The quantitative estimate of drug-likeness (QED) is 0.662. The van der Waals surface area contributed by atoms with Crippen LogP contribution in [0, 0.1) is 6.33 Å². The van der Waals surface area contributed by atoms with E-state index in [0.29, 0.717) is 0 Å². The second-order valence-electron chi connectivity index (χ2n) is 4.07. The van der Waals surface area contributed by atoms with Gasteiger partial charge in [0, 0.05) is 75.8 Å². The summed E-state index contributed by atoms with van der Waals surface area (Å²) in [6.07, 6.45) is 4.41. The molecule has 2 heterocycles. The van der Waals surface area contributed by atoms with Crippen LogP contribution in [0.25, 0.3) is 11.2 Å². The molecule has 3 rings (SSSR count). The van der Waals surface area contributed by atoms with Crippen LogP contribution in [0.3, 0.4) is 0 Å². The molecule has 21 heavy (non-hydrogen) atoms. The molecule has 0 aliphatic rings. The van der Waals surface area contributed by atoms with E-state index in [-0.39, 0.29) is 32.7 Å². The summed E-state index contributed by atoms with van der Waals surface area (Å²) in [6, 6.07) is 10.0. The largest absolute Gasteiger partial charge is 0.381 e. The van der Waals surface area contributed by atoms with Crippen molar-refractivity contribution in [3.8, 4) is 0 Å². The molecule has 0 saturated carbocycles. The minimum Gasteiger partial charge on any atom is -0.381 e. The van der Waals surface area contributed by atoms with Gasteiger partial charge < -0.3 is 19.4 Å². The molecule has 0 saturated heterocycles. The molecule has 6 heteroatoms. The van der Waals surface area contributed by atoms with Crippen LogP contribution >= 0.6 is 0 Å². The summed E-state index contributed by atoms with van der Waals surface area (Å²) in [7, 11) is 3.86. The first-order valence-electron chi connectivity index (χ1n) is 6.61. The Morgan fingerprint density at radius 2 is 1.76 bits per heavy atom. The third-order valence-corrected chi connectivity index (χ3v) is 2.89. The molecule has 5 nitrogen and oxygen atoms in total. The van der Waals surface area contributed by atoms with Gasteiger partial charge in [0.1, 0.15) is 0 Å². The fraction of sp³-hybridized carbons (Fsp3) is 0.267. The summed E-state index contributed by atoms with van der Waals surface area (Å²) in [6.45, 7) is 4.00. The number of fused-ring (bicyclic) bond motifs is 1. The fourth-order valence-electron chi connectivity index (χ4n) is 1.89. The van der Waals surface area contributed by atoms with Crippen LogP contribution in [-0.2, 0) is 39.8 Å². The molecular weight excluding hydrogens is 339 g/mol. The monoisotopic (exact) mass is 357 g/mol. The van der Waals surface area contributed by atoms with E-state index in [1.54, 1.807) is 6.33 Å². The zero-order chi connectivity index (χ0) is 14.5. The number of rotatable bonds is 2. The minimum atomic E-state index is 0. The first-order valence-corrected chi connectivity index (χ1v) is 6.61. The molecule has 0 atom stereocenters. The van der Waals surface area contributed by atoms with Gasteiger partial charge in [-0.2, -0.15) is 0 Å². The Morgan fingerprint density at radius 1 is 1.10 bits per heavy atom. The maximum absolute atomic E-state index is 4.34. The molecule has 0 spiro atoms. The molecule has 107 valence electrons. The van der Waals surface area contributed by atoms with Crippen molar-refractivity contribution in [3.63, 3.8) is 0 Å². The number of para-hydroxylation sites is 1. The Kier molecular flexibility index (Phi) is 6.92. The second kappa shape index (κ2) is 8.20. The third-order valence-electron chi connectivity index (χ3n) is 2.89. The van der Waals surface area contributed by atoms with Crippen LogP contribution < -0.4 is 4.90 Å². The van der Waals surface area contributed by atoms with Crippen molar-refractivity contribution in [2.75, 3.05) is 11.9 Å². The van der Waals surface area contributed by atoms with Crippen LogP contribution in [0.2, 0.25) is 0 Å². The summed E-state index contributed by atoms with van der Waals surface area (Å²) < 4.78 is 1.86. The van der Waals surface area contributed by atoms with Crippen LogP contribution in [-0.4, -0.2) is 26.6 Å². The number of benzene rings is 1. The smallest absolute Gasteiger partial charge is 0.0833 e. The van der Waals surface area contributed by atoms with Gasteiger partial charge in [0.15, 0.2) is 0 Å². The number of hydrogen-bond donors (Lipinski definition) is 0. The molecule has 0 amide bonds. The van der Waals surface area contributed by atoms with Crippen molar-refractivity contribution >= 4 is 22.7 Å². The van der Waals surface area contributed by atoms with Crippen molar-refractivity contribution in [2.24, 2.45) is 7.05 Å². The van der Waals surface area contributed by atoms with Crippen LogP contribution in [0.5, 0.6) is 0 Å². The Hall–Kier alpha value is -1.33. The zero-order valence-corrected chi connectivity index (χ0v) is 15.6. The van der Waals surface area contributed by atoms with Crippen molar-refractivity contribution in [3.05, 3.63) is 43.0 Å². The van der Waals surface area contributed by atoms with Gasteiger partial charge >= 0.3 is 0 Å². The van der Waals surface area contributed by atoms with E-state index in [1.165, 1.54) is 0 Å². The summed E-state index contributed by atoms with van der Waals surface area (Å²) in [5.74, 6) is 0.756. The van der Waals surface area contributed by atoms with Crippen molar-refractivity contribution in [2.45, 2.75) is 13.8 Å². The molecule has 0 bridgehead atoms. The second-order valence-corrected chi connectivity index (χ2v) is 4.07. The van der Waals surface area contributed by atoms with E-state index in [2.05, 4.69) is 21.3 Å². The van der Waals surface area contributed by atoms with E-state index >= 15 is 0 Å². The van der Waals surface area contributed by atoms with Gasteiger partial charge in [0.2, 0.25) is 0 Å². The van der Waals surface area contributed by atoms with Crippen LogP contribution in [0.4, 0.5) is 11.5 Å². The first-order chi connectivity index (χ1) is 9.77. The van der Waals surface area contributed by atoms with E-state index in [4.69, 9.17) is 0 Å². The molecule has 0 aliphatic heterocycles. The number of anilines is 2. The van der Waals surface area contributed by atoms with Crippen LogP contribution in [0.15, 0.2) is 36.7 Å². The first kappa shape index (κ1) is 17.7. The molecular formula is C15H18N5Y-. The summed E-state index contributed by atoms with van der Waals surface area (Å²) in [4.78, 5) is 14.6. The number of aromatic nitrogens is 4. The zero-order valence-electron chi connectivity index (χ0n) is 12.8. The average Bonchev–Trinajstić information content (AvgIpc) is 2.91. The van der Waals surface area contributed by atoms with Crippen molar-refractivity contribution in [1.82, 2.24) is 19.5 Å². The summed E-state index contributed by atoms with van der Waals surface area (Å²) in [5.41, 5.74) is 2.61. The van der Waals surface area contributed by atoms with Gasteiger partial charge in [-0.1, -0.05) is 32.0 Å². The minimum absolute atomic E-state index is 0. The Labute approximate surface area is 150 Å². The maximum Gasteiger partial charge on any atom is 0.0833 e. The predicted molar refractivity (Wildman–Crippen MR) is 81.0 cm³/mol. The fourth-order valence-corrected chi connectivity index (χ4v) is 1.89. The van der Waals surface area contributed by atoms with Crippen molar-refractivity contribution < 1.29 is 32.7 Å². The average molecular weight is 357 g/mol. The maximum atomic E-state index is 4.34. The molecule has 2 aromatic heterocycles. The van der Waals surface area contributed by atoms with E-state index in [0.717, 1.165) is 22.7 Å². The van der Waals surface area contributed by atoms with Gasteiger partial charge in [0.05, 0.1) is 6.33 Å². The number of nitrogens with zero attached hydrogens (tertiary/aromatic N) is 5. The Balaban J connectivity index is 0.000000706. The van der Waals surface area contributed by atoms with Gasteiger partial charge in [-0.05, 0) is 12.1 Å².